The van der Waals surface area contributed by atoms with Crippen LogP contribution in [-0.4, -0.2) is 13.2 Å². The molecule has 8 rings (SSSR count). The summed E-state index contributed by atoms with van der Waals surface area (Å²) in [7, 11) is 0. The standard InChI is InChI=1S/C29H18O2/c1-3-8-18-16(6-1)20-10-12-22-28-26(20)24(18)25-19-9-4-2-7-17(19)21-11-13-23(29(28)27(21)25)31-15-5-14-30-22/h1-4,6-13H,5,14-15H2. The molecule has 2 heteroatoms. The van der Waals surface area contributed by atoms with Crippen LogP contribution in [-0.2, 0) is 0 Å². The van der Waals surface area contributed by atoms with Crippen molar-refractivity contribution in [3.63, 3.8) is 0 Å². The summed E-state index contributed by atoms with van der Waals surface area (Å²) in [5.74, 6) is 1.94. The second-order valence-electron chi connectivity index (χ2n) is 8.61. The molecule has 0 spiro atoms. The molecule has 0 N–H and O–H groups in total. The van der Waals surface area contributed by atoms with E-state index in [4.69, 9.17) is 9.47 Å². The molecular weight excluding hydrogens is 380 g/mol. The second-order valence-corrected chi connectivity index (χ2v) is 8.61. The summed E-state index contributed by atoms with van der Waals surface area (Å²) >= 11 is 0. The average Bonchev–Trinajstić information content (AvgIpc) is 3.34. The number of hydrogen-bond donors (Lipinski definition) is 0. The average molecular weight is 398 g/mol. The van der Waals surface area contributed by atoms with E-state index < -0.39 is 0 Å². The maximum absolute atomic E-state index is 6.33. The summed E-state index contributed by atoms with van der Waals surface area (Å²) in [6.07, 6.45) is 0.876. The molecule has 0 radical (unpaired) electrons. The minimum absolute atomic E-state index is 0.668. The van der Waals surface area contributed by atoms with E-state index in [0.717, 1.165) is 17.9 Å². The first-order valence-corrected chi connectivity index (χ1v) is 11.0. The molecule has 31 heavy (non-hydrogen) atoms. The molecular formula is C29H18O2. The van der Waals surface area contributed by atoms with Crippen molar-refractivity contribution in [2.75, 3.05) is 13.2 Å². The molecule has 0 atom stereocenters. The fourth-order valence-electron chi connectivity index (χ4n) is 5.96. The van der Waals surface area contributed by atoms with Crippen molar-refractivity contribution in [1.29, 1.82) is 0 Å². The zero-order chi connectivity index (χ0) is 20.1. The minimum Gasteiger partial charge on any atom is -0.493 e. The molecule has 1 aliphatic rings. The van der Waals surface area contributed by atoms with Crippen LogP contribution in [0.1, 0.15) is 6.42 Å². The largest absolute Gasteiger partial charge is 0.493 e. The van der Waals surface area contributed by atoms with Crippen LogP contribution >= 0.6 is 0 Å². The monoisotopic (exact) mass is 398 g/mol. The fraction of sp³-hybridized carbons (Fsp3) is 0.103. The molecule has 0 bridgehead atoms. The zero-order valence-corrected chi connectivity index (χ0v) is 16.9. The Kier molecular flexibility index (Phi) is 2.82. The van der Waals surface area contributed by atoms with Gasteiger partial charge >= 0.3 is 0 Å². The van der Waals surface area contributed by atoms with Crippen molar-refractivity contribution in [3.05, 3.63) is 72.8 Å². The summed E-state index contributed by atoms with van der Waals surface area (Å²) in [4.78, 5) is 0. The minimum atomic E-state index is 0.668. The summed E-state index contributed by atoms with van der Waals surface area (Å²) in [6.45, 7) is 1.34. The van der Waals surface area contributed by atoms with Gasteiger partial charge in [-0.05, 0) is 55.2 Å². The highest BCUT2D eigenvalue weighted by atomic mass is 16.5. The first kappa shape index (κ1) is 16.0. The maximum atomic E-state index is 6.33. The highest BCUT2D eigenvalue weighted by Gasteiger charge is 2.26. The van der Waals surface area contributed by atoms with Gasteiger partial charge in [0.2, 0.25) is 0 Å². The van der Waals surface area contributed by atoms with Crippen LogP contribution in [0.2, 0.25) is 0 Å². The highest BCUT2D eigenvalue weighted by Crippen LogP contribution is 2.54. The molecule has 7 aromatic rings. The molecule has 7 aromatic carbocycles. The van der Waals surface area contributed by atoms with E-state index in [9.17, 15) is 0 Å². The normalized spacial score (nSPS) is 14.6. The molecule has 2 nitrogen and oxygen atoms in total. The SMILES string of the molecule is c1ccc2c(c1)c1ccc3c4c5c(ccc6c7ccccc7c(c65)c2c14)OCCCO3. The number of benzene rings is 5. The third kappa shape index (κ3) is 1.81. The van der Waals surface area contributed by atoms with E-state index in [-0.39, 0.29) is 0 Å². The highest BCUT2D eigenvalue weighted by molar-refractivity contribution is 6.49. The molecule has 146 valence electrons. The fourth-order valence-corrected chi connectivity index (χ4v) is 5.96. The number of hydrogen-bond acceptors (Lipinski definition) is 2. The van der Waals surface area contributed by atoms with Crippen LogP contribution in [0.4, 0.5) is 0 Å². The Balaban J connectivity index is 1.85. The van der Waals surface area contributed by atoms with Crippen LogP contribution in [0.3, 0.4) is 0 Å². The molecule has 0 unspecified atom stereocenters. The molecule has 0 aromatic heterocycles. The Labute approximate surface area is 178 Å². The lowest BCUT2D eigenvalue weighted by atomic mass is 9.94. The lowest BCUT2D eigenvalue weighted by molar-refractivity contribution is 0.253. The van der Waals surface area contributed by atoms with Gasteiger partial charge in [-0.2, -0.15) is 0 Å². The summed E-state index contributed by atoms with van der Waals surface area (Å²) in [5, 5.41) is 15.6. The maximum Gasteiger partial charge on any atom is 0.127 e. The lowest BCUT2D eigenvalue weighted by Crippen LogP contribution is -2.03. The van der Waals surface area contributed by atoms with Gasteiger partial charge in [0.15, 0.2) is 0 Å². The zero-order valence-electron chi connectivity index (χ0n) is 16.9. The number of ether oxygens (including phenoxy) is 2. The summed E-state index contributed by atoms with van der Waals surface area (Å²) < 4.78 is 12.7. The predicted molar refractivity (Wildman–Crippen MR) is 129 cm³/mol. The molecule has 0 saturated heterocycles. The van der Waals surface area contributed by atoms with E-state index in [0.29, 0.717) is 13.2 Å². The first-order valence-electron chi connectivity index (χ1n) is 11.0. The Hall–Kier alpha value is -3.78. The number of rotatable bonds is 0. The van der Waals surface area contributed by atoms with Crippen molar-refractivity contribution in [2.24, 2.45) is 0 Å². The summed E-state index contributed by atoms with van der Waals surface area (Å²) in [5.41, 5.74) is 0. The van der Waals surface area contributed by atoms with E-state index in [2.05, 4.69) is 72.8 Å². The van der Waals surface area contributed by atoms with Gasteiger partial charge in [-0.3, -0.25) is 0 Å². The van der Waals surface area contributed by atoms with Crippen molar-refractivity contribution >= 4 is 64.6 Å². The molecule has 0 saturated carbocycles. The second kappa shape index (κ2) is 5.47. The molecule has 1 heterocycles. The molecule has 0 fully saturated rings. The van der Waals surface area contributed by atoms with Gasteiger partial charge < -0.3 is 9.47 Å². The Bertz CT molecular complexity index is 1680. The van der Waals surface area contributed by atoms with E-state index in [1.807, 2.05) is 0 Å². The van der Waals surface area contributed by atoms with Crippen molar-refractivity contribution in [1.82, 2.24) is 0 Å². The van der Waals surface area contributed by atoms with Gasteiger partial charge in [0.25, 0.3) is 0 Å². The summed E-state index contributed by atoms with van der Waals surface area (Å²) in [6, 6.07) is 26.4. The molecule has 0 aliphatic carbocycles. The van der Waals surface area contributed by atoms with Gasteiger partial charge in [-0.25, -0.2) is 0 Å². The van der Waals surface area contributed by atoms with Crippen molar-refractivity contribution in [2.45, 2.75) is 6.42 Å². The van der Waals surface area contributed by atoms with Crippen LogP contribution in [0.5, 0.6) is 11.5 Å². The van der Waals surface area contributed by atoms with Gasteiger partial charge in [0.1, 0.15) is 11.5 Å². The van der Waals surface area contributed by atoms with Crippen LogP contribution in [0, 0.1) is 0 Å². The van der Waals surface area contributed by atoms with Crippen molar-refractivity contribution in [3.8, 4) is 11.5 Å². The first-order chi connectivity index (χ1) is 15.4. The van der Waals surface area contributed by atoms with Gasteiger partial charge in [-0.1, -0.05) is 60.7 Å². The smallest absolute Gasteiger partial charge is 0.127 e. The molecule has 0 amide bonds. The van der Waals surface area contributed by atoms with Gasteiger partial charge in [-0.15, -0.1) is 0 Å². The third-order valence-corrected chi connectivity index (χ3v) is 7.11. The molecule has 1 aliphatic heterocycles. The quantitative estimate of drug-likeness (QED) is 0.244. The Morgan fingerprint density at radius 3 is 1.26 bits per heavy atom. The number of fused-ring (bicyclic) bond motifs is 7. The lowest BCUT2D eigenvalue weighted by Gasteiger charge is -2.14. The van der Waals surface area contributed by atoms with Crippen LogP contribution in [0.15, 0.2) is 72.8 Å². The Morgan fingerprint density at radius 1 is 0.387 bits per heavy atom. The van der Waals surface area contributed by atoms with E-state index in [1.54, 1.807) is 0 Å². The predicted octanol–water partition coefficient (Wildman–Crippen LogP) is 7.64. The van der Waals surface area contributed by atoms with Crippen LogP contribution < -0.4 is 9.47 Å². The van der Waals surface area contributed by atoms with Gasteiger partial charge in [0, 0.05) is 28.0 Å². The van der Waals surface area contributed by atoms with E-state index >= 15 is 0 Å². The van der Waals surface area contributed by atoms with Gasteiger partial charge in [0.05, 0.1) is 13.2 Å². The van der Waals surface area contributed by atoms with Crippen LogP contribution in [0.25, 0.3) is 64.6 Å². The Morgan fingerprint density at radius 2 is 0.774 bits per heavy atom. The van der Waals surface area contributed by atoms with E-state index in [1.165, 1.54) is 64.6 Å². The van der Waals surface area contributed by atoms with Crippen molar-refractivity contribution < 1.29 is 9.47 Å². The topological polar surface area (TPSA) is 18.5 Å². The third-order valence-electron chi connectivity index (χ3n) is 7.11.